The van der Waals surface area contributed by atoms with Crippen LogP contribution in [0.2, 0.25) is 5.02 Å². The molecular weight excluding hydrogens is 320 g/mol. The van der Waals surface area contributed by atoms with Crippen molar-refractivity contribution in [3.63, 3.8) is 0 Å². The third-order valence-corrected chi connectivity index (χ3v) is 3.18. The summed E-state index contributed by atoms with van der Waals surface area (Å²) >= 11 is 5.86. The minimum absolute atomic E-state index is 0.0331. The van der Waals surface area contributed by atoms with Crippen LogP contribution in [0.5, 0.6) is 5.75 Å². The van der Waals surface area contributed by atoms with Gasteiger partial charge in [-0.2, -0.15) is 0 Å². The van der Waals surface area contributed by atoms with Gasteiger partial charge >= 0.3 is 5.97 Å². The Kier molecular flexibility index (Phi) is 5.94. The Morgan fingerprint density at radius 2 is 1.96 bits per heavy atom. The first-order valence-electron chi connectivity index (χ1n) is 6.80. The molecule has 0 spiro atoms. The number of nitrogens with one attached hydrogen (secondary N) is 1. The Hall–Kier alpha value is -2.60. The lowest BCUT2D eigenvalue weighted by atomic mass is 10.2. The van der Waals surface area contributed by atoms with Gasteiger partial charge in [0.25, 0.3) is 5.91 Å². The highest BCUT2D eigenvalue weighted by Crippen LogP contribution is 2.23. The van der Waals surface area contributed by atoms with Crippen LogP contribution in [0.4, 0.5) is 0 Å². The van der Waals surface area contributed by atoms with Gasteiger partial charge in [0.15, 0.2) is 0 Å². The molecule has 0 atom stereocenters. The number of esters is 1. The third kappa shape index (κ3) is 4.69. The first-order chi connectivity index (χ1) is 11.1. The van der Waals surface area contributed by atoms with Crippen molar-refractivity contribution in [2.45, 2.75) is 0 Å². The average molecular weight is 335 g/mol. The van der Waals surface area contributed by atoms with Crippen LogP contribution in [0, 0.1) is 0 Å². The van der Waals surface area contributed by atoms with Gasteiger partial charge in [0, 0.05) is 23.0 Å². The molecule has 0 saturated carbocycles. The molecule has 0 aliphatic heterocycles. The monoisotopic (exact) mass is 334 g/mol. The lowest BCUT2D eigenvalue weighted by molar-refractivity contribution is 0.0499. The van der Waals surface area contributed by atoms with Crippen LogP contribution in [0.25, 0.3) is 0 Å². The number of hydrogen-bond donors (Lipinski definition) is 1. The van der Waals surface area contributed by atoms with Crippen molar-refractivity contribution in [2.75, 3.05) is 20.3 Å². The SMILES string of the molecule is COc1ccc(Cl)cc1C(=O)OCCNC(=O)c1ccncc1. The smallest absolute Gasteiger partial charge is 0.342 e. The van der Waals surface area contributed by atoms with Gasteiger partial charge < -0.3 is 14.8 Å². The topological polar surface area (TPSA) is 77.5 Å². The molecule has 2 rings (SSSR count). The number of halogens is 1. The summed E-state index contributed by atoms with van der Waals surface area (Å²) in [6.45, 7) is 0.223. The summed E-state index contributed by atoms with van der Waals surface area (Å²) in [6.07, 6.45) is 3.06. The maximum absolute atomic E-state index is 12.0. The summed E-state index contributed by atoms with van der Waals surface area (Å²) < 4.78 is 10.2. The second-order valence-electron chi connectivity index (χ2n) is 4.47. The van der Waals surface area contributed by atoms with Gasteiger partial charge in [-0.15, -0.1) is 0 Å². The number of amides is 1. The van der Waals surface area contributed by atoms with Crippen molar-refractivity contribution < 1.29 is 19.1 Å². The number of rotatable bonds is 6. The molecule has 0 aliphatic rings. The van der Waals surface area contributed by atoms with E-state index >= 15 is 0 Å². The van der Waals surface area contributed by atoms with Crippen molar-refractivity contribution in [1.29, 1.82) is 0 Å². The van der Waals surface area contributed by atoms with Crippen molar-refractivity contribution in [3.8, 4) is 5.75 Å². The van der Waals surface area contributed by atoms with E-state index in [9.17, 15) is 9.59 Å². The van der Waals surface area contributed by atoms with E-state index in [2.05, 4.69) is 10.3 Å². The molecule has 23 heavy (non-hydrogen) atoms. The van der Waals surface area contributed by atoms with E-state index in [0.29, 0.717) is 16.3 Å². The molecule has 0 unspecified atom stereocenters. The fraction of sp³-hybridized carbons (Fsp3) is 0.188. The Balaban J connectivity index is 1.84. The quantitative estimate of drug-likeness (QED) is 0.648. The molecule has 1 aromatic carbocycles. The fourth-order valence-corrected chi connectivity index (χ4v) is 2.00. The van der Waals surface area contributed by atoms with Crippen LogP contribution in [-0.4, -0.2) is 37.1 Å². The highest BCUT2D eigenvalue weighted by Gasteiger charge is 2.14. The van der Waals surface area contributed by atoms with Crippen molar-refractivity contribution >= 4 is 23.5 Å². The third-order valence-electron chi connectivity index (χ3n) is 2.94. The predicted octanol–water partition coefficient (Wildman–Crippen LogP) is 2.33. The van der Waals surface area contributed by atoms with E-state index in [0.717, 1.165) is 0 Å². The molecule has 1 heterocycles. The van der Waals surface area contributed by atoms with Gasteiger partial charge in [-0.3, -0.25) is 9.78 Å². The van der Waals surface area contributed by atoms with E-state index < -0.39 is 5.97 Å². The van der Waals surface area contributed by atoms with Crippen molar-refractivity contribution in [1.82, 2.24) is 10.3 Å². The van der Waals surface area contributed by atoms with Gasteiger partial charge in [-0.1, -0.05) is 11.6 Å². The number of pyridine rings is 1. The minimum Gasteiger partial charge on any atom is -0.496 e. The Morgan fingerprint density at radius 1 is 1.22 bits per heavy atom. The van der Waals surface area contributed by atoms with Gasteiger partial charge in [0.1, 0.15) is 17.9 Å². The molecule has 0 fully saturated rings. The number of nitrogens with zero attached hydrogens (tertiary/aromatic N) is 1. The largest absolute Gasteiger partial charge is 0.496 e. The summed E-state index contributed by atoms with van der Waals surface area (Å²) in [5.74, 6) is -0.452. The molecule has 1 aromatic heterocycles. The fourth-order valence-electron chi connectivity index (χ4n) is 1.83. The van der Waals surface area contributed by atoms with Crippen molar-refractivity contribution in [2.24, 2.45) is 0 Å². The lowest BCUT2D eigenvalue weighted by Gasteiger charge is -2.10. The average Bonchev–Trinajstić information content (AvgIpc) is 2.59. The normalized spacial score (nSPS) is 10.0. The number of ether oxygens (including phenoxy) is 2. The number of benzene rings is 1. The predicted molar refractivity (Wildman–Crippen MR) is 84.9 cm³/mol. The second kappa shape index (κ2) is 8.14. The van der Waals surface area contributed by atoms with Crippen LogP contribution in [0.3, 0.4) is 0 Å². The first-order valence-corrected chi connectivity index (χ1v) is 7.18. The molecule has 0 aliphatic carbocycles. The molecule has 0 radical (unpaired) electrons. The number of hydrogen-bond acceptors (Lipinski definition) is 5. The summed E-state index contributed by atoms with van der Waals surface area (Å²) in [4.78, 5) is 27.6. The summed E-state index contributed by atoms with van der Waals surface area (Å²) in [5, 5.41) is 3.05. The van der Waals surface area contributed by atoms with Gasteiger partial charge in [-0.25, -0.2) is 4.79 Å². The Morgan fingerprint density at radius 3 is 2.65 bits per heavy atom. The van der Waals surface area contributed by atoms with Gasteiger partial charge in [0.05, 0.1) is 13.7 Å². The first kappa shape index (κ1) is 16.8. The van der Waals surface area contributed by atoms with E-state index in [1.165, 1.54) is 25.6 Å². The van der Waals surface area contributed by atoms with Crippen LogP contribution >= 0.6 is 11.6 Å². The van der Waals surface area contributed by atoms with E-state index in [-0.39, 0.29) is 24.6 Å². The Labute approximate surface area is 138 Å². The minimum atomic E-state index is -0.567. The zero-order valence-electron chi connectivity index (χ0n) is 12.4. The number of aromatic nitrogens is 1. The lowest BCUT2D eigenvalue weighted by Crippen LogP contribution is -2.28. The van der Waals surface area contributed by atoms with E-state index in [4.69, 9.17) is 21.1 Å². The van der Waals surface area contributed by atoms with Crippen LogP contribution in [-0.2, 0) is 4.74 Å². The van der Waals surface area contributed by atoms with Crippen LogP contribution in [0.15, 0.2) is 42.7 Å². The van der Waals surface area contributed by atoms with Crippen LogP contribution < -0.4 is 10.1 Å². The molecule has 0 bridgehead atoms. The molecular formula is C16H15ClN2O4. The van der Waals surface area contributed by atoms with Gasteiger partial charge in [-0.05, 0) is 30.3 Å². The van der Waals surface area contributed by atoms with E-state index in [1.807, 2.05) is 0 Å². The molecule has 1 N–H and O–H groups in total. The highest BCUT2D eigenvalue weighted by atomic mass is 35.5. The summed E-state index contributed by atoms with van der Waals surface area (Å²) in [7, 11) is 1.45. The second-order valence-corrected chi connectivity index (χ2v) is 4.91. The zero-order chi connectivity index (χ0) is 16.7. The highest BCUT2D eigenvalue weighted by molar-refractivity contribution is 6.31. The molecule has 120 valence electrons. The van der Waals surface area contributed by atoms with Crippen molar-refractivity contribution in [3.05, 3.63) is 58.9 Å². The number of methoxy groups -OCH3 is 1. The molecule has 2 aromatic rings. The van der Waals surface area contributed by atoms with Gasteiger partial charge in [0.2, 0.25) is 0 Å². The molecule has 1 amide bonds. The van der Waals surface area contributed by atoms with E-state index in [1.54, 1.807) is 24.3 Å². The summed E-state index contributed by atoms with van der Waals surface area (Å²) in [5.41, 5.74) is 0.725. The molecule has 0 saturated heterocycles. The molecule has 7 heteroatoms. The standard InChI is InChI=1S/C16H15ClN2O4/c1-22-14-3-2-12(17)10-13(14)16(21)23-9-8-19-15(20)11-4-6-18-7-5-11/h2-7,10H,8-9H2,1H3,(H,19,20). The molecule has 6 nitrogen and oxygen atoms in total. The number of carbonyl (C=O) groups is 2. The maximum Gasteiger partial charge on any atom is 0.342 e. The number of carbonyl (C=O) groups excluding carboxylic acids is 2. The van der Waals surface area contributed by atoms with Crippen LogP contribution in [0.1, 0.15) is 20.7 Å². The zero-order valence-corrected chi connectivity index (χ0v) is 13.2. The Bertz CT molecular complexity index is 692. The maximum atomic E-state index is 12.0. The summed E-state index contributed by atoms with van der Waals surface area (Å²) in [6, 6.07) is 7.87.